The molecular formula is C25H39N5O14. The molecule has 0 saturated carbocycles. The molecule has 0 heterocycles. The van der Waals surface area contributed by atoms with Gasteiger partial charge in [-0.3, -0.25) is 38.4 Å². The molecule has 248 valence electrons. The summed E-state index contributed by atoms with van der Waals surface area (Å²) in [5.74, 6) is -11.7. The Bertz CT molecular complexity index is 1100. The van der Waals surface area contributed by atoms with Crippen molar-refractivity contribution < 1.29 is 68.7 Å². The lowest BCUT2D eigenvalue weighted by molar-refractivity contribution is -0.144. The van der Waals surface area contributed by atoms with Crippen LogP contribution in [0.3, 0.4) is 0 Å². The number of carboxylic acid groups (broad SMARTS) is 5. The molecule has 0 radical (unpaired) electrons. The fourth-order valence-electron chi connectivity index (χ4n) is 3.61. The second-order valence-electron chi connectivity index (χ2n) is 10.1. The van der Waals surface area contributed by atoms with Crippen molar-refractivity contribution in [2.24, 2.45) is 11.7 Å². The average Bonchev–Trinajstić information content (AvgIpc) is 2.91. The molecule has 0 saturated heterocycles. The standard InChI is InChI=1S/C25H39N5O14/c1-11(2)20(24(42)29-15(25(43)44)6-10-19(37)38)30-23(41)14(5-9-18(35)36)28-22(40)13(4-8-17(33)34)27-21(39)12(26)3-7-16(31)32/h11-15,20H,3-10,26H2,1-2H3,(H,27,39)(H,28,40)(H,29,42)(H,30,41)(H,31,32)(H,33,34)(H,35,36)(H,37,38)(H,43,44)/t12-,13-,14-,15-,20-/m0/s1. The van der Waals surface area contributed by atoms with Crippen LogP contribution in [-0.2, 0) is 43.2 Å². The highest BCUT2D eigenvalue weighted by molar-refractivity contribution is 5.96. The molecule has 44 heavy (non-hydrogen) atoms. The summed E-state index contributed by atoms with van der Waals surface area (Å²) in [6, 6.07) is -7.65. The van der Waals surface area contributed by atoms with Gasteiger partial charge >= 0.3 is 29.8 Å². The minimum absolute atomic E-state index is 0.310. The van der Waals surface area contributed by atoms with Crippen molar-refractivity contribution in [1.29, 1.82) is 0 Å². The van der Waals surface area contributed by atoms with E-state index in [1.165, 1.54) is 13.8 Å². The second-order valence-corrected chi connectivity index (χ2v) is 10.1. The van der Waals surface area contributed by atoms with Crippen molar-refractivity contribution in [2.45, 2.75) is 95.4 Å². The number of hydrogen-bond donors (Lipinski definition) is 10. The van der Waals surface area contributed by atoms with E-state index < -0.39 is 135 Å². The highest BCUT2D eigenvalue weighted by atomic mass is 16.4. The van der Waals surface area contributed by atoms with E-state index in [0.29, 0.717) is 0 Å². The van der Waals surface area contributed by atoms with E-state index in [2.05, 4.69) is 21.3 Å². The molecule has 0 aromatic carbocycles. The third-order valence-corrected chi connectivity index (χ3v) is 6.07. The van der Waals surface area contributed by atoms with Crippen molar-refractivity contribution in [3.63, 3.8) is 0 Å². The smallest absolute Gasteiger partial charge is 0.326 e. The van der Waals surface area contributed by atoms with Crippen LogP contribution in [0, 0.1) is 5.92 Å². The summed E-state index contributed by atoms with van der Waals surface area (Å²) in [5.41, 5.74) is 5.64. The molecule has 0 aliphatic carbocycles. The van der Waals surface area contributed by atoms with Crippen LogP contribution in [0.25, 0.3) is 0 Å². The van der Waals surface area contributed by atoms with E-state index in [1.807, 2.05) is 0 Å². The summed E-state index contributed by atoms with van der Waals surface area (Å²) in [5, 5.41) is 53.9. The van der Waals surface area contributed by atoms with Crippen LogP contribution in [-0.4, -0.2) is 109 Å². The third-order valence-electron chi connectivity index (χ3n) is 6.07. The topological polar surface area (TPSA) is 329 Å². The van der Waals surface area contributed by atoms with Gasteiger partial charge in [0.1, 0.15) is 24.2 Å². The van der Waals surface area contributed by atoms with Crippen molar-refractivity contribution in [3.8, 4) is 0 Å². The minimum atomic E-state index is -1.64. The number of hydrogen-bond acceptors (Lipinski definition) is 10. The Balaban J connectivity index is 5.92. The molecule has 0 bridgehead atoms. The third kappa shape index (κ3) is 16.0. The number of carbonyl (C=O) groups excluding carboxylic acids is 4. The molecule has 0 aliphatic heterocycles. The summed E-state index contributed by atoms with van der Waals surface area (Å²) in [7, 11) is 0. The van der Waals surface area contributed by atoms with E-state index in [4.69, 9.17) is 26.2 Å². The van der Waals surface area contributed by atoms with E-state index in [-0.39, 0.29) is 6.42 Å². The van der Waals surface area contributed by atoms with Gasteiger partial charge in [-0.25, -0.2) is 4.79 Å². The summed E-state index contributed by atoms with van der Waals surface area (Å²) < 4.78 is 0. The number of amides is 4. The molecule has 0 fully saturated rings. The van der Waals surface area contributed by atoms with Crippen molar-refractivity contribution in [2.75, 3.05) is 0 Å². The average molecular weight is 634 g/mol. The van der Waals surface area contributed by atoms with Gasteiger partial charge in [0.2, 0.25) is 23.6 Å². The highest BCUT2D eigenvalue weighted by Gasteiger charge is 2.33. The summed E-state index contributed by atoms with van der Waals surface area (Å²) >= 11 is 0. The Morgan fingerprint density at radius 3 is 1.23 bits per heavy atom. The van der Waals surface area contributed by atoms with Gasteiger partial charge in [0, 0.05) is 25.7 Å². The quantitative estimate of drug-likeness (QED) is 0.0586. The van der Waals surface area contributed by atoms with Gasteiger partial charge in [-0.1, -0.05) is 13.8 Å². The first-order valence-corrected chi connectivity index (χ1v) is 13.4. The molecule has 0 aliphatic rings. The van der Waals surface area contributed by atoms with Gasteiger partial charge in [-0.2, -0.15) is 0 Å². The number of carbonyl (C=O) groups is 9. The largest absolute Gasteiger partial charge is 0.481 e. The summed E-state index contributed by atoms with van der Waals surface area (Å²) in [6.45, 7) is 2.96. The molecule has 0 rings (SSSR count). The van der Waals surface area contributed by atoms with Crippen molar-refractivity contribution in [1.82, 2.24) is 21.3 Å². The maximum atomic E-state index is 13.2. The van der Waals surface area contributed by atoms with Gasteiger partial charge in [0.25, 0.3) is 0 Å². The first-order valence-electron chi connectivity index (χ1n) is 13.4. The van der Waals surface area contributed by atoms with Gasteiger partial charge < -0.3 is 52.5 Å². The Hall–Kier alpha value is -4.81. The van der Waals surface area contributed by atoms with Gasteiger partial charge in [0.15, 0.2) is 0 Å². The zero-order valence-corrected chi connectivity index (χ0v) is 24.1. The lowest BCUT2D eigenvalue weighted by atomic mass is 10.0. The Labute approximate surface area is 250 Å². The molecule has 4 amide bonds. The fraction of sp³-hybridized carbons (Fsp3) is 0.640. The molecule has 0 spiro atoms. The SMILES string of the molecule is CC(C)[C@H](NC(=O)[C@H](CCC(=O)O)NC(=O)[C@H](CCC(=O)O)NC(=O)[C@@H](N)CCC(=O)O)C(=O)N[C@@H](CCC(=O)O)C(=O)O. The lowest BCUT2D eigenvalue weighted by Gasteiger charge is -2.27. The van der Waals surface area contributed by atoms with Crippen LogP contribution in [0.1, 0.15) is 65.2 Å². The highest BCUT2D eigenvalue weighted by Crippen LogP contribution is 2.09. The predicted molar refractivity (Wildman–Crippen MR) is 146 cm³/mol. The van der Waals surface area contributed by atoms with E-state index in [9.17, 15) is 48.3 Å². The zero-order valence-electron chi connectivity index (χ0n) is 24.1. The Morgan fingerprint density at radius 2 is 0.841 bits per heavy atom. The van der Waals surface area contributed by atoms with E-state index in [0.717, 1.165) is 0 Å². The molecule has 5 atom stereocenters. The van der Waals surface area contributed by atoms with Gasteiger partial charge in [0.05, 0.1) is 6.04 Å². The number of aliphatic carboxylic acids is 5. The fourth-order valence-corrected chi connectivity index (χ4v) is 3.61. The maximum absolute atomic E-state index is 13.2. The van der Waals surface area contributed by atoms with Crippen LogP contribution in [0.15, 0.2) is 0 Å². The van der Waals surface area contributed by atoms with Crippen LogP contribution in [0.5, 0.6) is 0 Å². The molecule has 11 N–H and O–H groups in total. The summed E-state index contributed by atoms with van der Waals surface area (Å²) in [6.07, 6.45) is -4.12. The number of nitrogens with two attached hydrogens (primary N) is 1. The normalized spacial score (nSPS) is 14.2. The number of rotatable bonds is 22. The first kappa shape index (κ1) is 39.2. The Morgan fingerprint density at radius 1 is 0.500 bits per heavy atom. The molecular weight excluding hydrogens is 594 g/mol. The van der Waals surface area contributed by atoms with E-state index >= 15 is 0 Å². The predicted octanol–water partition coefficient (Wildman–Crippen LogP) is -2.55. The van der Waals surface area contributed by atoms with Gasteiger partial charge in [-0.05, 0) is 31.6 Å². The summed E-state index contributed by atoms with van der Waals surface area (Å²) in [4.78, 5) is 107. The number of nitrogens with one attached hydrogen (secondary N) is 4. The van der Waals surface area contributed by atoms with Crippen LogP contribution in [0.2, 0.25) is 0 Å². The van der Waals surface area contributed by atoms with Crippen molar-refractivity contribution >= 4 is 53.5 Å². The van der Waals surface area contributed by atoms with Crippen LogP contribution >= 0.6 is 0 Å². The zero-order chi connectivity index (χ0) is 34.1. The van der Waals surface area contributed by atoms with Crippen LogP contribution < -0.4 is 27.0 Å². The lowest BCUT2D eigenvalue weighted by Crippen LogP contribution is -2.59. The first-order chi connectivity index (χ1) is 20.3. The Kier molecular flexibility index (Phi) is 17.3. The van der Waals surface area contributed by atoms with E-state index in [1.54, 1.807) is 0 Å². The van der Waals surface area contributed by atoms with Gasteiger partial charge in [-0.15, -0.1) is 0 Å². The van der Waals surface area contributed by atoms with Crippen molar-refractivity contribution in [3.05, 3.63) is 0 Å². The molecule has 19 heteroatoms. The number of carboxylic acids is 5. The van der Waals surface area contributed by atoms with Crippen LogP contribution in [0.4, 0.5) is 0 Å². The maximum Gasteiger partial charge on any atom is 0.326 e. The minimum Gasteiger partial charge on any atom is -0.481 e. The second kappa shape index (κ2) is 19.4. The molecule has 19 nitrogen and oxygen atoms in total. The molecule has 0 aromatic heterocycles. The molecule has 0 unspecified atom stereocenters. The molecule has 0 aromatic rings. The monoisotopic (exact) mass is 633 g/mol.